The molecule has 3 aromatic rings. The Morgan fingerprint density at radius 3 is 2.47 bits per heavy atom. The molecule has 2 aromatic carbocycles. The van der Waals surface area contributed by atoms with Crippen molar-refractivity contribution in [3.8, 4) is 22.6 Å². The lowest BCUT2D eigenvalue weighted by Crippen LogP contribution is -2.47. The first-order valence-electron chi connectivity index (χ1n) is 11.0. The lowest BCUT2D eigenvalue weighted by atomic mass is 9.91. The number of urea groups is 1. The number of ether oxygens (including phenoxy) is 4. The molecule has 176 valence electrons. The topological polar surface area (TPSA) is 90.4 Å². The summed E-state index contributed by atoms with van der Waals surface area (Å²) in [7, 11) is 4.86. The number of cyclic esters (lactones) is 1. The van der Waals surface area contributed by atoms with E-state index in [-0.39, 0.29) is 18.6 Å². The van der Waals surface area contributed by atoms with Gasteiger partial charge in [-0.15, -0.1) is 0 Å². The summed E-state index contributed by atoms with van der Waals surface area (Å²) in [6.45, 7) is 2.38. The lowest BCUT2D eigenvalue weighted by molar-refractivity contribution is 0.0535. The van der Waals surface area contributed by atoms with Crippen LogP contribution in [0.2, 0.25) is 0 Å². The molecule has 0 unspecified atom stereocenters. The van der Waals surface area contributed by atoms with Crippen molar-refractivity contribution in [3.05, 3.63) is 47.7 Å². The third-order valence-electron chi connectivity index (χ3n) is 6.24. The molecule has 2 aliphatic rings. The predicted octanol–water partition coefficient (Wildman–Crippen LogP) is 3.48. The number of carbonyl (C=O) groups is 2. The molecule has 1 aromatic heterocycles. The van der Waals surface area contributed by atoms with E-state index in [0.717, 1.165) is 27.5 Å². The smallest absolute Gasteiger partial charge is 0.339 e. The van der Waals surface area contributed by atoms with Crippen molar-refractivity contribution in [3.63, 3.8) is 0 Å². The van der Waals surface area contributed by atoms with Crippen LogP contribution < -0.4 is 14.4 Å². The predicted molar refractivity (Wildman–Crippen MR) is 126 cm³/mol. The maximum atomic E-state index is 12.8. The second-order valence-electron chi connectivity index (χ2n) is 8.14. The number of anilines is 1. The van der Waals surface area contributed by atoms with E-state index in [2.05, 4.69) is 4.98 Å². The third kappa shape index (κ3) is 3.67. The molecular formula is C25H25N3O6. The number of fused-ring (bicyclic) bond motifs is 2. The van der Waals surface area contributed by atoms with Crippen molar-refractivity contribution in [2.45, 2.75) is 6.61 Å². The third-order valence-corrected chi connectivity index (χ3v) is 6.24. The zero-order valence-corrected chi connectivity index (χ0v) is 19.3. The molecule has 9 heteroatoms. The van der Waals surface area contributed by atoms with Gasteiger partial charge in [-0.25, -0.2) is 14.6 Å². The largest absolute Gasteiger partial charge is 0.493 e. The first-order valence-corrected chi connectivity index (χ1v) is 11.0. The van der Waals surface area contributed by atoms with Crippen LogP contribution in [-0.2, 0) is 16.1 Å². The van der Waals surface area contributed by atoms with Crippen LogP contribution in [0.3, 0.4) is 0 Å². The summed E-state index contributed by atoms with van der Waals surface area (Å²) < 4.78 is 21.6. The summed E-state index contributed by atoms with van der Waals surface area (Å²) in [6.07, 6.45) is 1.68. The van der Waals surface area contributed by atoms with Gasteiger partial charge in [0.25, 0.3) is 0 Å². The number of morpholine rings is 1. The van der Waals surface area contributed by atoms with Gasteiger partial charge in [-0.3, -0.25) is 4.90 Å². The number of pyridine rings is 1. The Balaban J connectivity index is 1.58. The van der Waals surface area contributed by atoms with E-state index < -0.39 is 0 Å². The highest BCUT2D eigenvalue weighted by Crippen LogP contribution is 2.42. The quantitative estimate of drug-likeness (QED) is 0.547. The second kappa shape index (κ2) is 8.83. The number of hydrogen-bond acceptors (Lipinski definition) is 7. The fraction of sp³-hybridized carbons (Fsp3) is 0.320. The van der Waals surface area contributed by atoms with Crippen molar-refractivity contribution in [1.82, 2.24) is 9.88 Å². The van der Waals surface area contributed by atoms with E-state index in [1.54, 1.807) is 38.4 Å². The Hall–Kier alpha value is -3.85. The molecule has 9 nitrogen and oxygen atoms in total. The molecule has 0 bridgehead atoms. The van der Waals surface area contributed by atoms with Gasteiger partial charge in [-0.1, -0.05) is 0 Å². The fourth-order valence-corrected chi connectivity index (χ4v) is 4.45. The number of rotatable bonds is 4. The van der Waals surface area contributed by atoms with Crippen LogP contribution in [0.25, 0.3) is 21.9 Å². The van der Waals surface area contributed by atoms with Crippen LogP contribution >= 0.6 is 0 Å². The van der Waals surface area contributed by atoms with Crippen molar-refractivity contribution in [2.24, 2.45) is 0 Å². The molecule has 3 heterocycles. The lowest BCUT2D eigenvalue weighted by Gasteiger charge is -2.30. The molecule has 0 aliphatic carbocycles. The number of aromatic nitrogens is 1. The number of amides is 2. The highest BCUT2D eigenvalue weighted by atomic mass is 16.5. The van der Waals surface area contributed by atoms with Crippen LogP contribution in [0.4, 0.5) is 10.6 Å². The monoisotopic (exact) mass is 463 g/mol. The van der Waals surface area contributed by atoms with Crippen molar-refractivity contribution in [2.75, 3.05) is 52.5 Å². The van der Waals surface area contributed by atoms with Crippen LogP contribution in [0, 0.1) is 0 Å². The van der Waals surface area contributed by atoms with Crippen LogP contribution in [0.15, 0.2) is 36.5 Å². The standard InChI is InChI=1S/C25H25N3O6/c1-27(25(30)28-6-8-33-9-7-28)21-5-4-15(13-26-21)22-18-12-20(32-3)19(31-2)11-16(18)10-17-14-34-24(29)23(17)22/h4-5,10-13H,6-9,14H2,1-3H3. The SMILES string of the molecule is COc1cc2cc3c(c(-c4ccc(N(C)C(=O)N5CCOCC5)nc4)c2cc1OC)C(=O)OC3. The summed E-state index contributed by atoms with van der Waals surface area (Å²) in [5.74, 6) is 1.30. The van der Waals surface area contributed by atoms with Crippen LogP contribution in [0.1, 0.15) is 15.9 Å². The van der Waals surface area contributed by atoms with Crippen molar-refractivity contribution >= 4 is 28.6 Å². The van der Waals surface area contributed by atoms with Crippen LogP contribution in [-0.4, -0.2) is 69.5 Å². The first kappa shape index (κ1) is 22.0. The summed E-state index contributed by atoms with van der Waals surface area (Å²) in [5.41, 5.74) is 2.79. The Morgan fingerprint density at radius 2 is 1.79 bits per heavy atom. The van der Waals surface area contributed by atoms with Gasteiger partial charge in [0.15, 0.2) is 11.5 Å². The molecule has 0 saturated carbocycles. The van der Waals surface area contributed by atoms with Gasteiger partial charge in [0, 0.05) is 43.0 Å². The number of methoxy groups -OCH3 is 2. The molecule has 0 atom stereocenters. The zero-order chi connectivity index (χ0) is 23.8. The molecule has 1 fully saturated rings. The van der Waals surface area contributed by atoms with E-state index in [0.29, 0.717) is 49.2 Å². The van der Waals surface area contributed by atoms with E-state index >= 15 is 0 Å². The number of nitrogens with zero attached hydrogens (tertiary/aromatic N) is 3. The molecule has 0 N–H and O–H groups in total. The summed E-state index contributed by atoms with van der Waals surface area (Å²) >= 11 is 0. The van der Waals surface area contributed by atoms with Gasteiger partial charge >= 0.3 is 12.0 Å². The Labute approximate surface area is 196 Å². The Bertz CT molecular complexity index is 1270. The van der Waals surface area contributed by atoms with Gasteiger partial charge in [-0.05, 0) is 41.1 Å². The number of hydrogen-bond donors (Lipinski definition) is 0. The van der Waals surface area contributed by atoms with E-state index in [4.69, 9.17) is 18.9 Å². The molecule has 0 spiro atoms. The zero-order valence-electron chi connectivity index (χ0n) is 19.3. The molecule has 5 rings (SSSR count). The minimum Gasteiger partial charge on any atom is -0.493 e. The first-order chi connectivity index (χ1) is 16.5. The average molecular weight is 463 g/mol. The Kier molecular flexibility index (Phi) is 5.70. The van der Waals surface area contributed by atoms with Crippen molar-refractivity contribution < 1.29 is 28.5 Å². The highest BCUT2D eigenvalue weighted by Gasteiger charge is 2.29. The molecular weight excluding hydrogens is 438 g/mol. The highest BCUT2D eigenvalue weighted by molar-refractivity contribution is 6.11. The normalized spacial score (nSPS) is 15.1. The maximum Gasteiger partial charge on any atom is 0.339 e. The summed E-state index contributed by atoms with van der Waals surface area (Å²) in [4.78, 5) is 33.3. The minimum absolute atomic E-state index is 0.130. The number of benzene rings is 2. The molecule has 2 aliphatic heterocycles. The molecule has 1 saturated heterocycles. The average Bonchev–Trinajstić information content (AvgIpc) is 3.26. The molecule has 2 amide bonds. The number of esters is 1. The minimum atomic E-state index is -0.370. The Morgan fingerprint density at radius 1 is 1.06 bits per heavy atom. The summed E-state index contributed by atoms with van der Waals surface area (Å²) in [6, 6.07) is 9.20. The van der Waals surface area contributed by atoms with Crippen LogP contribution in [0.5, 0.6) is 11.5 Å². The summed E-state index contributed by atoms with van der Waals surface area (Å²) in [5, 5.41) is 1.72. The second-order valence-corrected chi connectivity index (χ2v) is 8.14. The van der Waals surface area contributed by atoms with Gasteiger partial charge in [0.1, 0.15) is 12.4 Å². The molecule has 0 radical (unpaired) electrons. The van der Waals surface area contributed by atoms with Gasteiger partial charge in [0.2, 0.25) is 0 Å². The molecule has 34 heavy (non-hydrogen) atoms. The van der Waals surface area contributed by atoms with E-state index in [9.17, 15) is 9.59 Å². The van der Waals surface area contributed by atoms with Gasteiger partial charge in [-0.2, -0.15) is 0 Å². The van der Waals surface area contributed by atoms with Gasteiger partial charge in [0.05, 0.1) is 33.0 Å². The van der Waals surface area contributed by atoms with Crippen molar-refractivity contribution in [1.29, 1.82) is 0 Å². The van der Waals surface area contributed by atoms with E-state index in [1.165, 1.54) is 4.90 Å². The fourth-order valence-electron chi connectivity index (χ4n) is 4.45. The van der Waals surface area contributed by atoms with Gasteiger partial charge < -0.3 is 23.8 Å². The number of carbonyl (C=O) groups excluding carboxylic acids is 2. The van der Waals surface area contributed by atoms with E-state index in [1.807, 2.05) is 24.3 Å². The maximum absolute atomic E-state index is 12.8.